The van der Waals surface area contributed by atoms with E-state index in [1.165, 1.54) is 18.5 Å². The molecule has 2 aromatic carbocycles. The number of nitrogens with one attached hydrogen (secondary N) is 1. The average Bonchev–Trinajstić information content (AvgIpc) is 3.49. The van der Waals surface area contributed by atoms with Crippen LogP contribution in [0.5, 0.6) is 0 Å². The highest BCUT2D eigenvalue weighted by atomic mass is 19.1. The summed E-state index contributed by atoms with van der Waals surface area (Å²) in [5, 5.41) is 0. The predicted molar refractivity (Wildman–Crippen MR) is 136 cm³/mol. The Morgan fingerprint density at radius 1 is 1.00 bits per heavy atom. The molecule has 3 aromatic rings. The molecule has 4 nitrogen and oxygen atoms in total. The summed E-state index contributed by atoms with van der Waals surface area (Å²) in [5.41, 5.74) is 3.66. The molecule has 5 heteroatoms. The van der Waals surface area contributed by atoms with Gasteiger partial charge < -0.3 is 9.88 Å². The Bertz CT molecular complexity index is 1110. The first-order valence-corrected chi connectivity index (χ1v) is 12.4. The van der Waals surface area contributed by atoms with Crippen molar-refractivity contribution in [1.29, 1.82) is 0 Å². The van der Waals surface area contributed by atoms with Gasteiger partial charge in [-0.1, -0.05) is 36.4 Å². The molecule has 5 rings (SSSR count). The summed E-state index contributed by atoms with van der Waals surface area (Å²) in [6.45, 7) is 6.02. The average molecular weight is 460 g/mol. The highest BCUT2D eigenvalue weighted by molar-refractivity contribution is 5.96. The van der Waals surface area contributed by atoms with E-state index >= 15 is 0 Å². The van der Waals surface area contributed by atoms with Crippen LogP contribution in [0, 0.1) is 5.92 Å². The summed E-state index contributed by atoms with van der Waals surface area (Å²) in [6, 6.07) is 20.3. The van der Waals surface area contributed by atoms with Gasteiger partial charge in [-0.15, -0.1) is 0 Å². The molecule has 1 aromatic heterocycles. The van der Waals surface area contributed by atoms with E-state index in [1.807, 2.05) is 53.6 Å². The van der Waals surface area contributed by atoms with E-state index < -0.39 is 5.67 Å². The molecule has 1 unspecified atom stereocenters. The number of carbonyl (C=O) groups excluding carboxylic acids is 1. The molecule has 0 spiro atoms. The fourth-order valence-corrected chi connectivity index (χ4v) is 5.42. The van der Waals surface area contributed by atoms with Crippen LogP contribution >= 0.6 is 0 Å². The van der Waals surface area contributed by atoms with Crippen LogP contribution in [0.4, 0.5) is 10.1 Å². The summed E-state index contributed by atoms with van der Waals surface area (Å²) in [7, 11) is 0. The standard InChI is InChI=1S/C29H34FN3O/c1-29(2,30)24-10-8-22(9-11-24)23-5-3-7-26(18-23)33-20-27(19-28(33)34)32-15-12-21(13-16-32)17-25-6-4-14-31-25/h3-11,14,18,21,27,31H,12-13,15-17,19-20H2,1-2H3. The minimum absolute atomic E-state index is 0.199. The zero-order valence-corrected chi connectivity index (χ0v) is 20.1. The van der Waals surface area contributed by atoms with E-state index in [1.54, 1.807) is 13.8 Å². The van der Waals surface area contributed by atoms with Crippen molar-refractivity contribution in [2.24, 2.45) is 5.92 Å². The number of benzene rings is 2. The van der Waals surface area contributed by atoms with Gasteiger partial charge in [0, 0.05) is 36.6 Å². The molecule has 1 amide bonds. The Morgan fingerprint density at radius 2 is 1.76 bits per heavy atom. The molecule has 2 aliphatic heterocycles. The Labute approximate surface area is 201 Å². The van der Waals surface area contributed by atoms with Crippen molar-refractivity contribution in [2.45, 2.75) is 51.2 Å². The largest absolute Gasteiger partial charge is 0.365 e. The number of aromatic amines is 1. The lowest BCUT2D eigenvalue weighted by molar-refractivity contribution is -0.117. The lowest BCUT2D eigenvalue weighted by atomic mass is 9.91. The number of piperidine rings is 1. The van der Waals surface area contributed by atoms with Gasteiger partial charge in [-0.3, -0.25) is 9.69 Å². The number of hydrogen-bond donors (Lipinski definition) is 1. The van der Waals surface area contributed by atoms with Gasteiger partial charge >= 0.3 is 0 Å². The maximum Gasteiger partial charge on any atom is 0.228 e. The zero-order valence-electron chi connectivity index (χ0n) is 20.1. The van der Waals surface area contributed by atoms with E-state index in [4.69, 9.17) is 0 Å². The van der Waals surface area contributed by atoms with Gasteiger partial charge in [0.1, 0.15) is 5.67 Å². The van der Waals surface area contributed by atoms with Crippen molar-refractivity contribution in [3.05, 3.63) is 78.1 Å². The summed E-state index contributed by atoms with van der Waals surface area (Å²) in [6.07, 6.45) is 6.08. The van der Waals surface area contributed by atoms with Gasteiger partial charge in [-0.2, -0.15) is 0 Å². The molecular formula is C29H34FN3O. The van der Waals surface area contributed by atoms with E-state index in [0.717, 1.165) is 42.9 Å². The first kappa shape index (κ1) is 22.9. The van der Waals surface area contributed by atoms with E-state index in [-0.39, 0.29) is 11.9 Å². The molecule has 34 heavy (non-hydrogen) atoms. The second kappa shape index (κ2) is 9.38. The number of likely N-dealkylation sites (tertiary alicyclic amines) is 1. The lowest BCUT2D eigenvalue weighted by Gasteiger charge is -2.35. The monoisotopic (exact) mass is 459 g/mol. The third kappa shape index (κ3) is 4.95. The van der Waals surface area contributed by atoms with Gasteiger partial charge in [0.05, 0.1) is 0 Å². The number of halogens is 1. The molecule has 0 aliphatic carbocycles. The quantitative estimate of drug-likeness (QED) is 0.495. The van der Waals surface area contributed by atoms with Crippen LogP contribution in [0.15, 0.2) is 66.9 Å². The molecular weight excluding hydrogens is 425 g/mol. The topological polar surface area (TPSA) is 39.3 Å². The van der Waals surface area contributed by atoms with Crippen molar-refractivity contribution in [2.75, 3.05) is 24.5 Å². The van der Waals surface area contributed by atoms with E-state index in [0.29, 0.717) is 17.9 Å². The van der Waals surface area contributed by atoms with Crippen molar-refractivity contribution in [3.8, 4) is 11.1 Å². The fourth-order valence-electron chi connectivity index (χ4n) is 5.42. The smallest absolute Gasteiger partial charge is 0.228 e. The lowest BCUT2D eigenvalue weighted by Crippen LogP contribution is -2.43. The Balaban J connectivity index is 1.23. The van der Waals surface area contributed by atoms with Crippen molar-refractivity contribution in [3.63, 3.8) is 0 Å². The van der Waals surface area contributed by atoms with Crippen molar-refractivity contribution < 1.29 is 9.18 Å². The first-order chi connectivity index (χ1) is 16.4. The maximum absolute atomic E-state index is 14.2. The highest BCUT2D eigenvalue weighted by Crippen LogP contribution is 2.32. The third-order valence-electron chi connectivity index (χ3n) is 7.50. The molecule has 178 valence electrons. The zero-order chi connectivity index (χ0) is 23.7. The van der Waals surface area contributed by atoms with Gasteiger partial charge in [-0.05, 0) is 93.1 Å². The number of aromatic nitrogens is 1. The summed E-state index contributed by atoms with van der Waals surface area (Å²) >= 11 is 0. The molecule has 1 N–H and O–H groups in total. The SMILES string of the molecule is CC(C)(F)c1ccc(-c2cccc(N3CC(N4CCC(Cc5ccc[nH]5)CC4)CC3=O)c2)cc1. The molecule has 0 bridgehead atoms. The Morgan fingerprint density at radius 3 is 2.44 bits per heavy atom. The molecule has 2 fully saturated rings. The number of hydrogen-bond acceptors (Lipinski definition) is 2. The summed E-state index contributed by atoms with van der Waals surface area (Å²) in [5.74, 6) is 0.916. The van der Waals surface area contributed by atoms with Crippen LogP contribution in [-0.4, -0.2) is 41.5 Å². The highest BCUT2D eigenvalue weighted by Gasteiger charge is 2.36. The molecule has 3 heterocycles. The Kier molecular flexibility index (Phi) is 6.30. The van der Waals surface area contributed by atoms with Gasteiger partial charge in [0.25, 0.3) is 0 Å². The van der Waals surface area contributed by atoms with Crippen molar-refractivity contribution >= 4 is 11.6 Å². The molecule has 2 saturated heterocycles. The number of H-pyrrole nitrogens is 1. The van der Waals surface area contributed by atoms with E-state index in [2.05, 4.69) is 28.1 Å². The van der Waals surface area contributed by atoms with Gasteiger partial charge in [0.15, 0.2) is 0 Å². The van der Waals surface area contributed by atoms with Crippen LogP contribution < -0.4 is 4.90 Å². The first-order valence-electron chi connectivity index (χ1n) is 12.4. The normalized spacial score (nSPS) is 20.3. The summed E-state index contributed by atoms with van der Waals surface area (Å²) < 4.78 is 14.2. The van der Waals surface area contributed by atoms with Gasteiger partial charge in [0.2, 0.25) is 5.91 Å². The van der Waals surface area contributed by atoms with Crippen LogP contribution in [-0.2, 0) is 16.9 Å². The minimum Gasteiger partial charge on any atom is -0.365 e. The van der Waals surface area contributed by atoms with Crippen LogP contribution in [0.1, 0.15) is 44.4 Å². The third-order valence-corrected chi connectivity index (χ3v) is 7.50. The second-order valence-corrected chi connectivity index (χ2v) is 10.3. The maximum atomic E-state index is 14.2. The second-order valence-electron chi connectivity index (χ2n) is 10.3. The van der Waals surface area contributed by atoms with Crippen LogP contribution in [0.3, 0.4) is 0 Å². The van der Waals surface area contributed by atoms with Crippen LogP contribution in [0.25, 0.3) is 11.1 Å². The predicted octanol–water partition coefficient (Wildman–Crippen LogP) is 5.95. The number of carbonyl (C=O) groups is 1. The molecule has 0 saturated carbocycles. The number of anilines is 1. The van der Waals surface area contributed by atoms with Gasteiger partial charge in [-0.25, -0.2) is 4.39 Å². The molecule has 1 atom stereocenters. The van der Waals surface area contributed by atoms with Crippen LogP contribution in [0.2, 0.25) is 0 Å². The van der Waals surface area contributed by atoms with E-state index in [9.17, 15) is 9.18 Å². The fraction of sp³-hybridized carbons (Fsp3) is 0.414. The minimum atomic E-state index is -1.35. The number of alkyl halides is 1. The summed E-state index contributed by atoms with van der Waals surface area (Å²) in [4.78, 5) is 20.7. The van der Waals surface area contributed by atoms with Crippen molar-refractivity contribution in [1.82, 2.24) is 9.88 Å². The number of nitrogens with zero attached hydrogens (tertiary/aromatic N) is 2. The Hall–Kier alpha value is -2.92. The molecule has 2 aliphatic rings. The molecule has 0 radical (unpaired) electrons. The number of rotatable bonds is 6. The number of amides is 1.